The van der Waals surface area contributed by atoms with Crippen molar-refractivity contribution in [1.82, 2.24) is 0 Å². The third kappa shape index (κ3) is 2.04. The van der Waals surface area contributed by atoms with Gasteiger partial charge in [-0.1, -0.05) is 24.3 Å². The van der Waals surface area contributed by atoms with Crippen molar-refractivity contribution in [2.75, 3.05) is 0 Å². The number of phenols is 2. The Morgan fingerprint density at radius 2 is 1.52 bits per heavy atom. The molecule has 0 heterocycles. The van der Waals surface area contributed by atoms with Crippen LogP contribution in [-0.2, 0) is 6.42 Å². The highest BCUT2D eigenvalue weighted by Crippen LogP contribution is 2.49. The standard InChI is InChI=1S/C19H16O6/c1-19(25)6-10-12(11(20)7-19)18(24)14-13(17(10)23)15(21)8-4-2-3-5-9(8)16(14)22/h2-5,11,20,23-25H,6-7H2,1H3/t11-,19+/m0/s1. The molecule has 128 valence electrons. The fourth-order valence-electron chi connectivity index (χ4n) is 3.89. The normalized spacial score (nSPS) is 24.5. The summed E-state index contributed by atoms with van der Waals surface area (Å²) in [4.78, 5) is 25.6. The monoisotopic (exact) mass is 340 g/mol. The van der Waals surface area contributed by atoms with Crippen molar-refractivity contribution in [1.29, 1.82) is 0 Å². The Hall–Kier alpha value is -2.70. The van der Waals surface area contributed by atoms with Crippen molar-refractivity contribution in [3.05, 3.63) is 57.6 Å². The molecule has 0 aromatic heterocycles. The third-order valence-corrected chi connectivity index (χ3v) is 4.98. The van der Waals surface area contributed by atoms with Crippen molar-refractivity contribution >= 4 is 11.6 Å². The number of rotatable bonds is 0. The second kappa shape index (κ2) is 4.91. The van der Waals surface area contributed by atoms with E-state index in [1.54, 1.807) is 12.1 Å². The van der Waals surface area contributed by atoms with Gasteiger partial charge in [0.15, 0.2) is 11.6 Å². The van der Waals surface area contributed by atoms with Crippen LogP contribution in [0.25, 0.3) is 0 Å². The molecule has 0 aliphatic heterocycles. The van der Waals surface area contributed by atoms with Gasteiger partial charge >= 0.3 is 0 Å². The van der Waals surface area contributed by atoms with Crippen LogP contribution in [0.2, 0.25) is 0 Å². The molecule has 6 nitrogen and oxygen atoms in total. The Kier molecular flexibility index (Phi) is 3.10. The molecule has 0 unspecified atom stereocenters. The van der Waals surface area contributed by atoms with Gasteiger partial charge in [-0.25, -0.2) is 0 Å². The zero-order chi connectivity index (χ0) is 18.1. The molecule has 4 N–H and O–H groups in total. The zero-order valence-electron chi connectivity index (χ0n) is 13.4. The van der Waals surface area contributed by atoms with E-state index in [2.05, 4.69) is 0 Å². The van der Waals surface area contributed by atoms with E-state index in [1.165, 1.54) is 19.1 Å². The van der Waals surface area contributed by atoms with Crippen LogP contribution in [0.1, 0.15) is 62.4 Å². The van der Waals surface area contributed by atoms with Crippen LogP contribution in [0.3, 0.4) is 0 Å². The van der Waals surface area contributed by atoms with E-state index in [-0.39, 0.29) is 46.2 Å². The molecule has 0 amide bonds. The highest BCUT2D eigenvalue weighted by molar-refractivity contribution is 6.30. The van der Waals surface area contributed by atoms with Gasteiger partial charge in [0.25, 0.3) is 0 Å². The number of hydrogen-bond acceptors (Lipinski definition) is 6. The largest absolute Gasteiger partial charge is 0.507 e. The van der Waals surface area contributed by atoms with Gasteiger partial charge in [0.1, 0.15) is 11.5 Å². The number of aliphatic hydroxyl groups is 2. The first-order valence-corrected chi connectivity index (χ1v) is 7.92. The van der Waals surface area contributed by atoms with E-state index >= 15 is 0 Å². The summed E-state index contributed by atoms with van der Waals surface area (Å²) in [6.45, 7) is 1.50. The molecule has 25 heavy (non-hydrogen) atoms. The number of benzene rings is 2. The SMILES string of the molecule is C[C@@]1(O)Cc2c(O)c3c(c(O)c2[C@@H](O)C1)C(=O)c1ccccc1C3=O. The van der Waals surface area contributed by atoms with Crippen LogP contribution in [-0.4, -0.2) is 37.6 Å². The Morgan fingerprint density at radius 3 is 2.08 bits per heavy atom. The number of phenolic OH excluding ortho intramolecular Hbond substituents is 2. The number of fused-ring (bicyclic) bond motifs is 3. The maximum absolute atomic E-state index is 12.8. The minimum Gasteiger partial charge on any atom is -0.507 e. The number of carbonyl (C=O) groups excluding carboxylic acids is 2. The summed E-state index contributed by atoms with van der Waals surface area (Å²) in [5.74, 6) is -2.11. The van der Waals surface area contributed by atoms with Crippen molar-refractivity contribution < 1.29 is 30.0 Å². The predicted molar refractivity (Wildman–Crippen MR) is 87.0 cm³/mol. The molecule has 0 saturated carbocycles. The minimum absolute atomic E-state index is 0.00306. The average molecular weight is 340 g/mol. The predicted octanol–water partition coefficient (Wildman–Crippen LogP) is 1.60. The highest BCUT2D eigenvalue weighted by atomic mass is 16.3. The van der Waals surface area contributed by atoms with E-state index in [1.807, 2.05) is 0 Å². The van der Waals surface area contributed by atoms with Gasteiger partial charge in [0.2, 0.25) is 0 Å². The van der Waals surface area contributed by atoms with Crippen LogP contribution in [0.5, 0.6) is 11.5 Å². The molecule has 2 aromatic carbocycles. The van der Waals surface area contributed by atoms with E-state index in [9.17, 15) is 30.0 Å². The summed E-state index contributed by atoms with van der Waals surface area (Å²) in [5.41, 5.74) is -1.47. The van der Waals surface area contributed by atoms with E-state index in [4.69, 9.17) is 0 Å². The molecular weight excluding hydrogens is 324 g/mol. The summed E-state index contributed by atoms with van der Waals surface area (Å²) in [6, 6.07) is 6.18. The summed E-state index contributed by atoms with van der Waals surface area (Å²) in [6.07, 6.45) is -1.35. The molecule has 0 fully saturated rings. The van der Waals surface area contributed by atoms with Gasteiger partial charge in [-0.2, -0.15) is 0 Å². The van der Waals surface area contributed by atoms with Crippen LogP contribution in [0.4, 0.5) is 0 Å². The topological polar surface area (TPSA) is 115 Å². The summed E-state index contributed by atoms with van der Waals surface area (Å²) in [7, 11) is 0. The summed E-state index contributed by atoms with van der Waals surface area (Å²) >= 11 is 0. The molecule has 6 heteroatoms. The maximum atomic E-state index is 12.8. The van der Waals surface area contributed by atoms with Gasteiger partial charge in [-0.05, 0) is 6.92 Å². The molecule has 2 aliphatic carbocycles. The quantitative estimate of drug-likeness (QED) is 0.462. The Labute approximate surface area is 143 Å². The van der Waals surface area contributed by atoms with Gasteiger partial charge in [-0.3, -0.25) is 9.59 Å². The lowest BCUT2D eigenvalue weighted by atomic mass is 9.74. The first-order valence-electron chi connectivity index (χ1n) is 7.92. The van der Waals surface area contributed by atoms with Gasteiger partial charge < -0.3 is 20.4 Å². The molecule has 0 bridgehead atoms. The first kappa shape index (κ1) is 15.8. The van der Waals surface area contributed by atoms with Crippen molar-refractivity contribution in [3.8, 4) is 11.5 Å². The molecule has 0 radical (unpaired) electrons. The van der Waals surface area contributed by atoms with Gasteiger partial charge in [0.05, 0.1) is 22.8 Å². The summed E-state index contributed by atoms with van der Waals surface area (Å²) in [5, 5.41) is 41.9. The lowest BCUT2D eigenvalue weighted by Crippen LogP contribution is -2.35. The lowest BCUT2D eigenvalue weighted by Gasteiger charge is -2.35. The van der Waals surface area contributed by atoms with E-state index in [0.29, 0.717) is 0 Å². The van der Waals surface area contributed by atoms with Crippen molar-refractivity contribution in [3.63, 3.8) is 0 Å². The number of aliphatic hydroxyl groups excluding tert-OH is 1. The molecule has 0 spiro atoms. The number of aromatic hydroxyl groups is 2. The zero-order valence-corrected chi connectivity index (χ0v) is 13.4. The third-order valence-electron chi connectivity index (χ3n) is 4.98. The van der Waals surface area contributed by atoms with Crippen molar-refractivity contribution in [2.24, 2.45) is 0 Å². The van der Waals surface area contributed by atoms with Crippen LogP contribution >= 0.6 is 0 Å². The smallest absolute Gasteiger partial charge is 0.198 e. The first-order chi connectivity index (χ1) is 11.7. The molecule has 2 aliphatic rings. The summed E-state index contributed by atoms with van der Waals surface area (Å²) < 4.78 is 0. The number of ketones is 2. The van der Waals surface area contributed by atoms with Crippen LogP contribution in [0.15, 0.2) is 24.3 Å². The molecule has 4 rings (SSSR count). The van der Waals surface area contributed by atoms with Crippen LogP contribution < -0.4 is 0 Å². The van der Waals surface area contributed by atoms with E-state index < -0.39 is 34.8 Å². The van der Waals surface area contributed by atoms with Crippen LogP contribution in [0, 0.1) is 0 Å². The second-order valence-electron chi connectivity index (χ2n) is 6.94. The Bertz CT molecular complexity index is 957. The molecule has 0 saturated heterocycles. The fraction of sp³-hybridized carbons (Fsp3) is 0.263. The van der Waals surface area contributed by atoms with Gasteiger partial charge in [-0.15, -0.1) is 0 Å². The lowest BCUT2D eigenvalue weighted by molar-refractivity contribution is -0.00904. The number of carbonyl (C=O) groups is 2. The average Bonchev–Trinajstić information content (AvgIpc) is 2.54. The Balaban J connectivity index is 2.07. The highest BCUT2D eigenvalue weighted by Gasteiger charge is 2.43. The maximum Gasteiger partial charge on any atom is 0.198 e. The van der Waals surface area contributed by atoms with E-state index in [0.717, 1.165) is 0 Å². The molecular formula is C19H16O6. The Morgan fingerprint density at radius 1 is 1.00 bits per heavy atom. The molecule has 2 atom stereocenters. The number of hydrogen-bond donors (Lipinski definition) is 4. The molecule has 2 aromatic rings. The minimum atomic E-state index is -1.30. The fourth-order valence-corrected chi connectivity index (χ4v) is 3.89. The van der Waals surface area contributed by atoms with Crippen molar-refractivity contribution in [2.45, 2.75) is 31.5 Å². The van der Waals surface area contributed by atoms with Gasteiger partial charge in [0, 0.05) is 35.1 Å². The second-order valence-corrected chi connectivity index (χ2v) is 6.94.